The molecule has 2 aromatic heterocycles. The SMILES string of the molecule is CC(C)N(Cc1sc(CC(=O)c2cnc(N3CCN(CCC(=O)O)CC3)cn2)nc1-c1cc(F)cc(C(F)(F)F)c1)C(C)C. The van der Waals surface area contributed by atoms with Gasteiger partial charge in [-0.3, -0.25) is 19.4 Å². The molecule has 1 aliphatic rings. The number of carbonyl (C=O) groups is 2. The summed E-state index contributed by atoms with van der Waals surface area (Å²) >= 11 is 1.22. The molecule has 238 valence electrons. The van der Waals surface area contributed by atoms with Gasteiger partial charge >= 0.3 is 12.1 Å². The molecule has 0 aliphatic carbocycles. The summed E-state index contributed by atoms with van der Waals surface area (Å²) in [5, 5.41) is 9.27. The van der Waals surface area contributed by atoms with Crippen molar-refractivity contribution in [1.82, 2.24) is 24.8 Å². The molecule has 0 spiro atoms. The van der Waals surface area contributed by atoms with Crippen molar-refractivity contribution in [3.8, 4) is 11.3 Å². The highest BCUT2D eigenvalue weighted by atomic mass is 32.1. The first-order valence-electron chi connectivity index (χ1n) is 14.4. The number of aromatic nitrogens is 3. The molecule has 3 heterocycles. The van der Waals surface area contributed by atoms with E-state index in [1.54, 1.807) is 0 Å². The molecular weight excluding hydrogens is 600 g/mol. The molecular formula is C30H36F4N6O3S. The largest absolute Gasteiger partial charge is 0.481 e. The van der Waals surface area contributed by atoms with Gasteiger partial charge in [-0.15, -0.1) is 11.3 Å². The molecule has 4 rings (SSSR count). The number of piperazine rings is 1. The Bertz CT molecular complexity index is 1450. The first kappa shape index (κ1) is 33.4. The average Bonchev–Trinajstić information content (AvgIpc) is 3.36. The number of hydrogen-bond donors (Lipinski definition) is 1. The van der Waals surface area contributed by atoms with Crippen LogP contribution in [-0.2, 0) is 23.9 Å². The van der Waals surface area contributed by atoms with Gasteiger partial charge in [0.05, 0.1) is 36.5 Å². The van der Waals surface area contributed by atoms with E-state index < -0.39 is 23.5 Å². The van der Waals surface area contributed by atoms with Crippen LogP contribution in [0.15, 0.2) is 30.6 Å². The summed E-state index contributed by atoms with van der Waals surface area (Å²) in [5.74, 6) is -1.60. The Labute approximate surface area is 257 Å². The maximum Gasteiger partial charge on any atom is 0.416 e. The molecule has 0 atom stereocenters. The number of Topliss-reactive ketones (excluding diaryl/α,β-unsaturated/α-hetero) is 1. The number of rotatable bonds is 12. The average molecular weight is 637 g/mol. The van der Waals surface area contributed by atoms with Crippen molar-refractivity contribution in [2.45, 2.75) is 65.3 Å². The summed E-state index contributed by atoms with van der Waals surface area (Å²) in [6.07, 6.45) is -1.87. The number of anilines is 1. The molecule has 1 aromatic carbocycles. The van der Waals surface area contributed by atoms with Crippen LogP contribution in [0.4, 0.5) is 23.4 Å². The number of hydrogen-bond acceptors (Lipinski definition) is 9. The zero-order valence-electron chi connectivity index (χ0n) is 25.1. The summed E-state index contributed by atoms with van der Waals surface area (Å²) in [6.45, 7) is 11.6. The minimum Gasteiger partial charge on any atom is -0.481 e. The lowest BCUT2D eigenvalue weighted by atomic mass is 10.1. The number of carboxylic acid groups (broad SMARTS) is 1. The van der Waals surface area contributed by atoms with Crippen LogP contribution in [0.3, 0.4) is 0 Å². The number of halogens is 4. The molecule has 0 amide bonds. The number of alkyl halides is 3. The van der Waals surface area contributed by atoms with Gasteiger partial charge in [0, 0.05) is 61.8 Å². The van der Waals surface area contributed by atoms with E-state index in [0.717, 1.165) is 12.1 Å². The summed E-state index contributed by atoms with van der Waals surface area (Å²) in [7, 11) is 0. The number of nitrogens with zero attached hydrogens (tertiary/aromatic N) is 6. The molecule has 0 bridgehead atoms. The zero-order chi connectivity index (χ0) is 32.2. The molecule has 44 heavy (non-hydrogen) atoms. The van der Waals surface area contributed by atoms with Crippen LogP contribution >= 0.6 is 11.3 Å². The van der Waals surface area contributed by atoms with Gasteiger partial charge in [-0.25, -0.2) is 19.3 Å². The lowest BCUT2D eigenvalue weighted by Crippen LogP contribution is -2.47. The predicted octanol–water partition coefficient (Wildman–Crippen LogP) is 5.40. The van der Waals surface area contributed by atoms with Crippen molar-refractivity contribution in [1.29, 1.82) is 0 Å². The summed E-state index contributed by atoms with van der Waals surface area (Å²) in [5.41, 5.74) is -0.756. The van der Waals surface area contributed by atoms with Crippen LogP contribution in [0.2, 0.25) is 0 Å². The second-order valence-electron chi connectivity index (χ2n) is 11.3. The monoisotopic (exact) mass is 636 g/mol. The first-order chi connectivity index (χ1) is 20.7. The minimum absolute atomic E-state index is 0.00179. The van der Waals surface area contributed by atoms with Crippen molar-refractivity contribution in [2.24, 2.45) is 0 Å². The molecule has 14 heteroatoms. The number of carboxylic acids is 1. The normalized spacial score (nSPS) is 14.7. The lowest BCUT2D eigenvalue weighted by molar-refractivity contribution is -0.138. The second kappa shape index (κ2) is 14.1. The number of carbonyl (C=O) groups excluding carboxylic acids is 1. The van der Waals surface area contributed by atoms with E-state index in [2.05, 4.69) is 24.8 Å². The Kier molecular flexibility index (Phi) is 10.7. The van der Waals surface area contributed by atoms with E-state index in [4.69, 9.17) is 5.11 Å². The van der Waals surface area contributed by atoms with Crippen molar-refractivity contribution in [3.63, 3.8) is 0 Å². The maximum absolute atomic E-state index is 14.4. The zero-order valence-corrected chi connectivity index (χ0v) is 25.9. The number of thiazole rings is 1. The van der Waals surface area contributed by atoms with Gasteiger partial charge in [0.25, 0.3) is 0 Å². The first-order valence-corrected chi connectivity index (χ1v) is 15.2. The Balaban J connectivity index is 1.53. The number of ketones is 1. The molecule has 1 N–H and O–H groups in total. The van der Waals surface area contributed by atoms with Gasteiger partial charge in [-0.2, -0.15) is 13.2 Å². The summed E-state index contributed by atoms with van der Waals surface area (Å²) < 4.78 is 54.8. The van der Waals surface area contributed by atoms with Gasteiger partial charge in [-0.1, -0.05) is 0 Å². The highest BCUT2D eigenvalue weighted by molar-refractivity contribution is 7.12. The number of benzene rings is 1. The van der Waals surface area contributed by atoms with Crippen LogP contribution in [0.1, 0.15) is 60.1 Å². The minimum atomic E-state index is -4.73. The standard InChI is InChI=1S/C30H36F4N6O3S/c1-18(2)40(19(3)4)17-25-29(20-11-21(30(32,33)34)13-22(31)12-20)37-27(44-25)14-24(41)23-15-36-26(16-35-23)39-9-7-38(8-10-39)6-5-28(42)43/h11-13,15-16,18-19H,5-10,14,17H2,1-4H3,(H,42,43). The molecule has 1 saturated heterocycles. The Hall–Kier alpha value is -3.49. The molecule has 9 nitrogen and oxygen atoms in total. The molecule has 0 unspecified atom stereocenters. The summed E-state index contributed by atoms with van der Waals surface area (Å²) in [6, 6.07) is 2.61. The maximum atomic E-state index is 14.4. The third-order valence-electron chi connectivity index (χ3n) is 7.47. The van der Waals surface area contributed by atoms with Crippen molar-refractivity contribution in [2.75, 3.05) is 37.6 Å². The van der Waals surface area contributed by atoms with E-state index in [0.29, 0.717) is 61.0 Å². The lowest BCUT2D eigenvalue weighted by Gasteiger charge is -2.34. The van der Waals surface area contributed by atoms with Crippen LogP contribution in [0.5, 0.6) is 0 Å². The highest BCUT2D eigenvalue weighted by Crippen LogP contribution is 2.36. The second-order valence-corrected chi connectivity index (χ2v) is 12.5. The van der Waals surface area contributed by atoms with Crippen molar-refractivity contribution in [3.05, 3.63) is 57.6 Å². The topological polar surface area (TPSA) is 103 Å². The fraction of sp³-hybridized carbons (Fsp3) is 0.500. The Morgan fingerprint density at radius 1 is 1.02 bits per heavy atom. The third-order valence-corrected chi connectivity index (χ3v) is 8.51. The summed E-state index contributed by atoms with van der Waals surface area (Å²) in [4.78, 5) is 44.1. The smallest absolute Gasteiger partial charge is 0.416 e. The van der Waals surface area contributed by atoms with Crippen molar-refractivity contribution < 1.29 is 32.3 Å². The van der Waals surface area contributed by atoms with Gasteiger partial charge in [0.15, 0.2) is 5.78 Å². The van der Waals surface area contributed by atoms with E-state index in [1.807, 2.05) is 32.6 Å². The fourth-order valence-corrected chi connectivity index (χ4v) is 6.24. The van der Waals surface area contributed by atoms with Gasteiger partial charge in [0.1, 0.15) is 22.3 Å². The highest BCUT2D eigenvalue weighted by Gasteiger charge is 2.32. The van der Waals surface area contributed by atoms with Crippen LogP contribution in [0, 0.1) is 5.82 Å². The van der Waals surface area contributed by atoms with E-state index >= 15 is 0 Å². The van der Waals surface area contributed by atoms with E-state index in [1.165, 1.54) is 23.7 Å². The third kappa shape index (κ3) is 8.57. The van der Waals surface area contributed by atoms with E-state index in [9.17, 15) is 27.2 Å². The van der Waals surface area contributed by atoms with Crippen molar-refractivity contribution >= 4 is 28.9 Å². The van der Waals surface area contributed by atoms with Crippen LogP contribution in [0.25, 0.3) is 11.3 Å². The Morgan fingerprint density at radius 2 is 1.70 bits per heavy atom. The predicted molar refractivity (Wildman–Crippen MR) is 159 cm³/mol. The van der Waals surface area contributed by atoms with Crippen LogP contribution in [-0.4, -0.2) is 86.4 Å². The van der Waals surface area contributed by atoms with Gasteiger partial charge in [-0.05, 0) is 45.9 Å². The molecule has 1 aliphatic heterocycles. The van der Waals surface area contributed by atoms with Gasteiger partial charge in [0.2, 0.25) is 0 Å². The number of aliphatic carboxylic acids is 1. The molecule has 3 aromatic rings. The fourth-order valence-electron chi connectivity index (χ4n) is 5.14. The van der Waals surface area contributed by atoms with E-state index in [-0.39, 0.29) is 47.7 Å². The Morgan fingerprint density at radius 3 is 2.27 bits per heavy atom. The molecule has 0 radical (unpaired) electrons. The molecule has 0 saturated carbocycles. The quantitative estimate of drug-likeness (QED) is 0.207. The van der Waals surface area contributed by atoms with Crippen LogP contribution < -0.4 is 4.90 Å². The van der Waals surface area contributed by atoms with Gasteiger partial charge < -0.3 is 10.0 Å². The molecule has 1 fully saturated rings.